The summed E-state index contributed by atoms with van der Waals surface area (Å²) in [6.07, 6.45) is 0.886. The summed E-state index contributed by atoms with van der Waals surface area (Å²) in [6.45, 7) is 3.63. The van der Waals surface area contributed by atoms with Gasteiger partial charge in [0.2, 0.25) is 5.91 Å². The largest absolute Gasteiger partial charge is 0.484 e. The Bertz CT molecular complexity index is 632. The van der Waals surface area contributed by atoms with Crippen molar-refractivity contribution in [1.82, 2.24) is 15.5 Å². The maximum atomic E-state index is 12.0. The van der Waals surface area contributed by atoms with Gasteiger partial charge in [0.25, 0.3) is 5.89 Å². The molecule has 1 aromatic carbocycles. The van der Waals surface area contributed by atoms with Crippen LogP contribution in [0.15, 0.2) is 28.8 Å². The molecule has 0 bridgehead atoms. The van der Waals surface area contributed by atoms with Gasteiger partial charge >= 0.3 is 0 Å². The first-order valence-corrected chi connectivity index (χ1v) is 7.24. The molecule has 3 rings (SSSR count). The second kappa shape index (κ2) is 6.57. The minimum atomic E-state index is 0.0525. The lowest BCUT2D eigenvalue weighted by Crippen LogP contribution is -2.24. The molecule has 116 valence electrons. The lowest BCUT2D eigenvalue weighted by atomic mass is 10.1. The Morgan fingerprint density at radius 1 is 1.45 bits per heavy atom. The number of carbonyl (C=O) groups is 1. The summed E-state index contributed by atoms with van der Waals surface area (Å²) in [5.74, 6) is 1.80. The van der Waals surface area contributed by atoms with Gasteiger partial charge in [0.05, 0.1) is 5.92 Å². The van der Waals surface area contributed by atoms with Crippen LogP contribution < -0.4 is 15.4 Å². The Morgan fingerprint density at radius 2 is 2.27 bits per heavy atom. The second-order valence-electron chi connectivity index (χ2n) is 5.23. The van der Waals surface area contributed by atoms with Crippen LogP contribution in [0.25, 0.3) is 0 Å². The molecule has 2 aromatic rings. The van der Waals surface area contributed by atoms with Crippen LogP contribution in [0, 0.1) is 12.8 Å². The summed E-state index contributed by atoms with van der Waals surface area (Å²) in [5, 5.41) is 9.79. The van der Waals surface area contributed by atoms with Crippen LogP contribution in [-0.2, 0) is 11.4 Å². The number of hydrogen-bond donors (Lipinski definition) is 2. The Balaban J connectivity index is 1.52. The molecule has 0 aliphatic carbocycles. The number of aryl methyl sites for hydroxylation is 1. The highest BCUT2D eigenvalue weighted by Gasteiger charge is 2.22. The Hall–Kier alpha value is -2.41. The van der Waals surface area contributed by atoms with Crippen LogP contribution in [-0.4, -0.2) is 29.1 Å². The molecule has 0 spiro atoms. The standard InChI is InChI=1S/C15H18N4O3/c1-10-17-14(22-19-10)9-21-13-4-2-12(3-5-13)18-15(20)11-6-7-16-8-11/h2-5,11,16H,6-9H2,1H3,(H,18,20)/t11-/m1/s1. The van der Waals surface area contributed by atoms with E-state index in [9.17, 15) is 4.79 Å². The van der Waals surface area contributed by atoms with E-state index in [1.165, 1.54) is 0 Å². The number of benzene rings is 1. The molecule has 0 radical (unpaired) electrons. The molecule has 7 nitrogen and oxygen atoms in total. The maximum Gasteiger partial charge on any atom is 0.264 e. The number of nitrogens with one attached hydrogen (secondary N) is 2. The Kier molecular flexibility index (Phi) is 4.34. The fourth-order valence-corrected chi connectivity index (χ4v) is 2.30. The molecule has 1 saturated heterocycles. The summed E-state index contributed by atoms with van der Waals surface area (Å²) in [7, 11) is 0. The van der Waals surface area contributed by atoms with Crippen molar-refractivity contribution >= 4 is 11.6 Å². The van der Waals surface area contributed by atoms with Crippen LogP contribution in [0.4, 0.5) is 5.69 Å². The van der Waals surface area contributed by atoms with Gasteiger partial charge in [-0.15, -0.1) is 0 Å². The van der Waals surface area contributed by atoms with Crippen LogP contribution in [0.5, 0.6) is 5.75 Å². The third kappa shape index (κ3) is 3.62. The molecule has 1 fully saturated rings. The predicted molar refractivity (Wildman–Crippen MR) is 79.4 cm³/mol. The number of aromatic nitrogens is 2. The van der Waals surface area contributed by atoms with Gasteiger partial charge in [-0.3, -0.25) is 4.79 Å². The molecular weight excluding hydrogens is 284 g/mol. The first-order valence-electron chi connectivity index (χ1n) is 7.24. The summed E-state index contributed by atoms with van der Waals surface area (Å²) in [6, 6.07) is 7.22. The van der Waals surface area contributed by atoms with E-state index in [4.69, 9.17) is 9.26 Å². The van der Waals surface area contributed by atoms with Crippen molar-refractivity contribution in [2.45, 2.75) is 20.0 Å². The minimum absolute atomic E-state index is 0.0525. The number of rotatable bonds is 5. The fourth-order valence-electron chi connectivity index (χ4n) is 2.30. The van der Waals surface area contributed by atoms with E-state index in [2.05, 4.69) is 20.8 Å². The highest BCUT2D eigenvalue weighted by molar-refractivity contribution is 5.92. The number of anilines is 1. The zero-order valence-corrected chi connectivity index (χ0v) is 12.3. The van der Waals surface area contributed by atoms with Crippen molar-refractivity contribution in [2.75, 3.05) is 18.4 Å². The average Bonchev–Trinajstić information content (AvgIpc) is 3.18. The highest BCUT2D eigenvalue weighted by Crippen LogP contribution is 2.18. The van der Waals surface area contributed by atoms with Gasteiger partial charge in [0.1, 0.15) is 5.75 Å². The lowest BCUT2D eigenvalue weighted by Gasteiger charge is -2.10. The first kappa shape index (κ1) is 14.5. The number of nitrogens with zero attached hydrogens (tertiary/aromatic N) is 2. The van der Waals surface area contributed by atoms with Crippen molar-refractivity contribution in [3.63, 3.8) is 0 Å². The van der Waals surface area contributed by atoms with E-state index in [1.54, 1.807) is 19.1 Å². The molecule has 1 aliphatic rings. The summed E-state index contributed by atoms with van der Waals surface area (Å²) in [4.78, 5) is 16.1. The minimum Gasteiger partial charge on any atom is -0.484 e. The monoisotopic (exact) mass is 302 g/mol. The van der Waals surface area contributed by atoms with E-state index < -0.39 is 0 Å². The maximum absolute atomic E-state index is 12.0. The third-order valence-corrected chi connectivity index (χ3v) is 3.48. The van der Waals surface area contributed by atoms with Gasteiger partial charge in [-0.25, -0.2) is 0 Å². The molecule has 0 unspecified atom stereocenters. The van der Waals surface area contributed by atoms with Crippen molar-refractivity contribution in [3.05, 3.63) is 36.0 Å². The SMILES string of the molecule is Cc1noc(COc2ccc(NC(=O)[C@@H]3CCNC3)cc2)n1. The molecular formula is C15H18N4O3. The zero-order valence-electron chi connectivity index (χ0n) is 12.3. The van der Waals surface area contributed by atoms with Crippen molar-refractivity contribution in [2.24, 2.45) is 5.92 Å². The Labute approximate surface area is 128 Å². The quantitative estimate of drug-likeness (QED) is 0.870. The molecule has 2 heterocycles. The van der Waals surface area contributed by atoms with E-state index in [0.29, 0.717) is 17.5 Å². The molecule has 1 aliphatic heterocycles. The number of carbonyl (C=O) groups excluding carboxylic acids is 1. The highest BCUT2D eigenvalue weighted by atomic mass is 16.5. The fraction of sp³-hybridized carbons (Fsp3) is 0.400. The summed E-state index contributed by atoms with van der Waals surface area (Å²) < 4.78 is 10.5. The number of amides is 1. The molecule has 2 N–H and O–H groups in total. The number of ether oxygens (including phenoxy) is 1. The van der Waals surface area contributed by atoms with E-state index in [0.717, 1.165) is 25.2 Å². The van der Waals surface area contributed by atoms with Gasteiger partial charge < -0.3 is 19.9 Å². The van der Waals surface area contributed by atoms with Crippen LogP contribution >= 0.6 is 0 Å². The molecule has 1 atom stereocenters. The molecule has 7 heteroatoms. The van der Waals surface area contributed by atoms with Gasteiger partial charge in [0.15, 0.2) is 12.4 Å². The molecule has 22 heavy (non-hydrogen) atoms. The van der Waals surface area contributed by atoms with Gasteiger partial charge in [-0.05, 0) is 44.2 Å². The van der Waals surface area contributed by atoms with Crippen LogP contribution in [0.3, 0.4) is 0 Å². The van der Waals surface area contributed by atoms with Gasteiger partial charge in [-0.2, -0.15) is 4.98 Å². The Morgan fingerprint density at radius 3 is 2.91 bits per heavy atom. The number of hydrogen-bond acceptors (Lipinski definition) is 6. The normalized spacial score (nSPS) is 17.4. The summed E-state index contributed by atoms with van der Waals surface area (Å²) >= 11 is 0. The van der Waals surface area contributed by atoms with E-state index in [1.807, 2.05) is 12.1 Å². The smallest absolute Gasteiger partial charge is 0.264 e. The van der Waals surface area contributed by atoms with E-state index >= 15 is 0 Å². The van der Waals surface area contributed by atoms with Crippen LogP contribution in [0.2, 0.25) is 0 Å². The van der Waals surface area contributed by atoms with Gasteiger partial charge in [0, 0.05) is 12.2 Å². The molecule has 1 aromatic heterocycles. The topological polar surface area (TPSA) is 89.3 Å². The third-order valence-electron chi connectivity index (χ3n) is 3.48. The van der Waals surface area contributed by atoms with Crippen molar-refractivity contribution < 1.29 is 14.1 Å². The van der Waals surface area contributed by atoms with Gasteiger partial charge in [-0.1, -0.05) is 5.16 Å². The van der Waals surface area contributed by atoms with Crippen molar-refractivity contribution in [3.8, 4) is 5.75 Å². The lowest BCUT2D eigenvalue weighted by molar-refractivity contribution is -0.119. The second-order valence-corrected chi connectivity index (χ2v) is 5.23. The van der Waals surface area contributed by atoms with Crippen LogP contribution in [0.1, 0.15) is 18.1 Å². The van der Waals surface area contributed by atoms with E-state index in [-0.39, 0.29) is 18.4 Å². The summed E-state index contributed by atoms with van der Waals surface area (Å²) in [5.41, 5.74) is 0.762. The predicted octanol–water partition coefficient (Wildman–Crippen LogP) is 1.51. The first-order chi connectivity index (χ1) is 10.7. The zero-order chi connectivity index (χ0) is 15.4. The molecule has 0 saturated carbocycles. The van der Waals surface area contributed by atoms with Crippen molar-refractivity contribution in [1.29, 1.82) is 0 Å². The average molecular weight is 302 g/mol. The molecule has 1 amide bonds.